The molecule has 0 radical (unpaired) electrons. The molecule has 0 bridgehead atoms. The summed E-state index contributed by atoms with van der Waals surface area (Å²) in [5, 5.41) is 0. The number of carbonyl (C=O) groups excluding carboxylic acids is 1. The number of halogens is 1. The van der Waals surface area contributed by atoms with Crippen molar-refractivity contribution >= 4 is 31.7 Å². The number of sulfonamides is 1. The van der Waals surface area contributed by atoms with Crippen LogP contribution in [-0.4, -0.2) is 14.2 Å². The van der Waals surface area contributed by atoms with E-state index in [2.05, 4.69) is 20.7 Å². The van der Waals surface area contributed by atoms with E-state index in [1.807, 2.05) is 24.3 Å². The molecular formula is C16H16BrNO3S. The van der Waals surface area contributed by atoms with Crippen molar-refractivity contribution in [2.75, 3.05) is 0 Å². The quantitative estimate of drug-likeness (QED) is 0.803. The molecule has 0 heterocycles. The van der Waals surface area contributed by atoms with Crippen LogP contribution in [0, 0.1) is 0 Å². The highest BCUT2D eigenvalue weighted by molar-refractivity contribution is 9.10. The summed E-state index contributed by atoms with van der Waals surface area (Å²) in [6, 6.07) is 13.0. The molecule has 2 rings (SSSR count). The van der Waals surface area contributed by atoms with E-state index in [4.69, 9.17) is 0 Å². The van der Waals surface area contributed by atoms with Gasteiger partial charge in [0.2, 0.25) is 10.0 Å². The molecule has 0 saturated heterocycles. The molecule has 22 heavy (non-hydrogen) atoms. The number of hydrogen-bond donors (Lipinski definition) is 1. The Bertz CT molecular complexity index is 768. The fourth-order valence-electron chi connectivity index (χ4n) is 1.99. The van der Waals surface area contributed by atoms with Gasteiger partial charge in [0, 0.05) is 16.1 Å². The molecule has 4 nitrogen and oxygen atoms in total. The van der Waals surface area contributed by atoms with Gasteiger partial charge >= 0.3 is 0 Å². The summed E-state index contributed by atoms with van der Waals surface area (Å²) in [4.78, 5) is 11.4. The Balaban J connectivity index is 2.19. The van der Waals surface area contributed by atoms with Crippen LogP contribution >= 0.6 is 15.9 Å². The number of benzene rings is 2. The number of ketones is 1. The molecule has 0 amide bonds. The maximum atomic E-state index is 12.4. The number of Topliss-reactive ketones (excluding diaryl/α,β-unsaturated/α-hetero) is 1. The first-order valence-electron chi connectivity index (χ1n) is 6.68. The Kier molecular flexibility index (Phi) is 5.16. The van der Waals surface area contributed by atoms with E-state index in [1.54, 1.807) is 6.92 Å². The summed E-state index contributed by atoms with van der Waals surface area (Å²) in [5.74, 6) is -0.0971. The predicted molar refractivity (Wildman–Crippen MR) is 89.3 cm³/mol. The van der Waals surface area contributed by atoms with Crippen LogP contribution in [0.1, 0.15) is 35.8 Å². The Hall–Kier alpha value is -1.50. The van der Waals surface area contributed by atoms with Gasteiger partial charge in [-0.15, -0.1) is 0 Å². The molecule has 2 aromatic carbocycles. The summed E-state index contributed by atoms with van der Waals surface area (Å²) in [7, 11) is -3.63. The van der Waals surface area contributed by atoms with Gasteiger partial charge in [0.05, 0.1) is 4.90 Å². The molecule has 0 aliphatic heterocycles. The number of hydrogen-bond acceptors (Lipinski definition) is 3. The van der Waals surface area contributed by atoms with Gasteiger partial charge in [-0.25, -0.2) is 13.1 Å². The third-order valence-corrected chi connectivity index (χ3v) is 5.36. The Morgan fingerprint density at radius 2 is 1.59 bits per heavy atom. The highest BCUT2D eigenvalue weighted by Crippen LogP contribution is 2.19. The van der Waals surface area contributed by atoms with Gasteiger partial charge in [-0.05, 0) is 43.7 Å². The normalized spacial score (nSPS) is 12.9. The largest absolute Gasteiger partial charge is 0.295 e. The summed E-state index contributed by atoms with van der Waals surface area (Å²) in [6.45, 7) is 3.22. The second-order valence-corrected chi connectivity index (χ2v) is 7.60. The molecule has 0 aromatic heterocycles. The first-order chi connectivity index (χ1) is 10.3. The van der Waals surface area contributed by atoms with Gasteiger partial charge in [-0.1, -0.05) is 40.2 Å². The standard InChI is InChI=1S/C16H16BrNO3S/c1-11(13-3-7-15(17)8-4-13)18-22(20,21)16-9-5-14(6-10-16)12(2)19/h3-11,18H,1-2H3/t11-/m1/s1. The summed E-state index contributed by atoms with van der Waals surface area (Å²) >= 11 is 3.34. The molecule has 1 atom stereocenters. The van der Waals surface area contributed by atoms with E-state index in [0.717, 1.165) is 10.0 Å². The lowest BCUT2D eigenvalue weighted by atomic mass is 10.1. The third kappa shape index (κ3) is 4.03. The molecule has 0 saturated carbocycles. The monoisotopic (exact) mass is 381 g/mol. The van der Waals surface area contributed by atoms with Crippen LogP contribution in [0.5, 0.6) is 0 Å². The van der Waals surface area contributed by atoms with E-state index >= 15 is 0 Å². The highest BCUT2D eigenvalue weighted by atomic mass is 79.9. The molecule has 6 heteroatoms. The molecule has 0 aliphatic rings. The minimum Gasteiger partial charge on any atom is -0.295 e. The van der Waals surface area contributed by atoms with Gasteiger partial charge in [0.25, 0.3) is 0 Å². The maximum Gasteiger partial charge on any atom is 0.241 e. The van der Waals surface area contributed by atoms with Crippen molar-refractivity contribution in [2.45, 2.75) is 24.8 Å². The first-order valence-corrected chi connectivity index (χ1v) is 8.96. The van der Waals surface area contributed by atoms with Gasteiger partial charge in [0.15, 0.2) is 5.78 Å². The molecule has 1 N–H and O–H groups in total. The van der Waals surface area contributed by atoms with Crippen LogP contribution in [-0.2, 0) is 10.0 Å². The molecular weight excluding hydrogens is 366 g/mol. The van der Waals surface area contributed by atoms with Crippen LogP contribution < -0.4 is 4.72 Å². The smallest absolute Gasteiger partial charge is 0.241 e. The first kappa shape index (κ1) is 16.9. The second kappa shape index (κ2) is 6.73. The highest BCUT2D eigenvalue weighted by Gasteiger charge is 2.18. The Morgan fingerprint density at radius 1 is 1.05 bits per heavy atom. The topological polar surface area (TPSA) is 63.2 Å². The lowest BCUT2D eigenvalue weighted by molar-refractivity contribution is 0.101. The second-order valence-electron chi connectivity index (χ2n) is 4.98. The number of carbonyl (C=O) groups is 1. The van der Waals surface area contributed by atoms with Crippen molar-refractivity contribution in [3.63, 3.8) is 0 Å². The number of rotatable bonds is 5. The predicted octanol–water partition coefficient (Wildman–Crippen LogP) is 3.69. The minimum atomic E-state index is -3.63. The van der Waals surface area contributed by atoms with E-state index in [1.165, 1.54) is 31.2 Å². The van der Waals surface area contributed by atoms with Crippen molar-refractivity contribution < 1.29 is 13.2 Å². The van der Waals surface area contributed by atoms with Crippen molar-refractivity contribution in [3.05, 3.63) is 64.1 Å². The maximum absolute atomic E-state index is 12.4. The van der Waals surface area contributed by atoms with Crippen molar-refractivity contribution in [3.8, 4) is 0 Å². The molecule has 116 valence electrons. The van der Waals surface area contributed by atoms with Crippen molar-refractivity contribution in [1.82, 2.24) is 4.72 Å². The SMILES string of the molecule is CC(=O)c1ccc(S(=O)(=O)N[C@H](C)c2ccc(Br)cc2)cc1. The molecule has 0 fully saturated rings. The Morgan fingerprint density at radius 3 is 2.09 bits per heavy atom. The van der Waals surface area contributed by atoms with Crippen molar-refractivity contribution in [1.29, 1.82) is 0 Å². The average molecular weight is 382 g/mol. The fourth-order valence-corrected chi connectivity index (χ4v) is 3.49. The van der Waals surface area contributed by atoms with Crippen LogP contribution in [0.25, 0.3) is 0 Å². The summed E-state index contributed by atoms with van der Waals surface area (Å²) in [5.41, 5.74) is 1.35. The molecule has 0 unspecified atom stereocenters. The zero-order chi connectivity index (χ0) is 16.3. The fraction of sp³-hybridized carbons (Fsp3) is 0.188. The lowest BCUT2D eigenvalue weighted by Crippen LogP contribution is -2.26. The van der Waals surface area contributed by atoms with Gasteiger partial charge in [-0.3, -0.25) is 4.79 Å². The van der Waals surface area contributed by atoms with E-state index < -0.39 is 10.0 Å². The van der Waals surface area contributed by atoms with Crippen LogP contribution in [0.4, 0.5) is 0 Å². The minimum absolute atomic E-state index is 0.0971. The van der Waals surface area contributed by atoms with E-state index in [0.29, 0.717) is 5.56 Å². The summed E-state index contributed by atoms with van der Waals surface area (Å²) < 4.78 is 28.3. The zero-order valence-electron chi connectivity index (χ0n) is 12.2. The van der Waals surface area contributed by atoms with Gasteiger partial charge in [-0.2, -0.15) is 0 Å². The van der Waals surface area contributed by atoms with Crippen LogP contribution in [0.2, 0.25) is 0 Å². The third-order valence-electron chi connectivity index (χ3n) is 3.27. The number of nitrogens with one attached hydrogen (secondary N) is 1. The van der Waals surface area contributed by atoms with Gasteiger partial charge in [0.1, 0.15) is 0 Å². The molecule has 0 aliphatic carbocycles. The Labute approximate surface area is 138 Å². The molecule has 0 spiro atoms. The van der Waals surface area contributed by atoms with Crippen LogP contribution in [0.3, 0.4) is 0 Å². The van der Waals surface area contributed by atoms with E-state index in [-0.39, 0.29) is 16.7 Å². The van der Waals surface area contributed by atoms with E-state index in [9.17, 15) is 13.2 Å². The van der Waals surface area contributed by atoms with Gasteiger partial charge < -0.3 is 0 Å². The zero-order valence-corrected chi connectivity index (χ0v) is 14.6. The average Bonchev–Trinajstić information content (AvgIpc) is 2.47. The van der Waals surface area contributed by atoms with Crippen molar-refractivity contribution in [2.24, 2.45) is 0 Å². The van der Waals surface area contributed by atoms with Crippen LogP contribution in [0.15, 0.2) is 57.9 Å². The lowest BCUT2D eigenvalue weighted by Gasteiger charge is -2.15. The molecule has 2 aromatic rings. The summed E-state index contributed by atoms with van der Waals surface area (Å²) in [6.07, 6.45) is 0.